The molecule has 150 valence electrons. The van der Waals surface area contributed by atoms with Gasteiger partial charge in [0, 0.05) is 41.4 Å². The van der Waals surface area contributed by atoms with Crippen LogP contribution in [0.4, 0.5) is 11.4 Å². The molecular formula is C23H26N4OS. The molecule has 4 rings (SSSR count). The van der Waals surface area contributed by atoms with Gasteiger partial charge in [0.15, 0.2) is 0 Å². The number of hydrogen-bond acceptors (Lipinski definition) is 5. The summed E-state index contributed by atoms with van der Waals surface area (Å²) in [4.78, 5) is 21.8. The van der Waals surface area contributed by atoms with Crippen molar-refractivity contribution in [2.24, 2.45) is 0 Å². The highest BCUT2D eigenvalue weighted by Gasteiger charge is 2.24. The average molecular weight is 407 g/mol. The molecule has 1 amide bonds. The van der Waals surface area contributed by atoms with Gasteiger partial charge in [-0.05, 0) is 51.7 Å². The third-order valence-corrected chi connectivity index (χ3v) is 6.31. The highest BCUT2D eigenvalue weighted by Crippen LogP contribution is 2.26. The number of thiazole rings is 1. The molecule has 6 heteroatoms. The first-order chi connectivity index (χ1) is 14.0. The van der Waals surface area contributed by atoms with Gasteiger partial charge in [-0.3, -0.25) is 4.79 Å². The van der Waals surface area contributed by atoms with E-state index in [0.717, 1.165) is 29.3 Å². The second-order valence-corrected chi connectivity index (χ2v) is 8.62. The molecule has 2 heterocycles. The van der Waals surface area contributed by atoms with Crippen molar-refractivity contribution in [3.05, 3.63) is 65.2 Å². The van der Waals surface area contributed by atoms with Crippen LogP contribution in [0.3, 0.4) is 0 Å². The van der Waals surface area contributed by atoms with E-state index in [1.807, 2.05) is 29.6 Å². The maximum Gasteiger partial charge on any atom is 0.275 e. The van der Waals surface area contributed by atoms with Gasteiger partial charge in [-0.1, -0.05) is 29.8 Å². The van der Waals surface area contributed by atoms with Crippen molar-refractivity contribution >= 4 is 28.6 Å². The molecule has 1 atom stereocenters. The van der Waals surface area contributed by atoms with Crippen molar-refractivity contribution in [3.63, 3.8) is 0 Å². The predicted molar refractivity (Wildman–Crippen MR) is 121 cm³/mol. The number of likely N-dealkylation sites (N-methyl/N-ethyl adjacent to an activating group) is 1. The molecule has 2 aromatic carbocycles. The Labute approximate surface area is 176 Å². The smallest absolute Gasteiger partial charge is 0.275 e. The highest BCUT2D eigenvalue weighted by atomic mass is 32.1. The minimum atomic E-state index is -0.179. The maximum atomic E-state index is 12.6. The van der Waals surface area contributed by atoms with Crippen molar-refractivity contribution in [2.45, 2.75) is 19.4 Å². The van der Waals surface area contributed by atoms with E-state index in [2.05, 4.69) is 65.4 Å². The summed E-state index contributed by atoms with van der Waals surface area (Å²) in [6, 6.07) is 16.9. The molecule has 0 spiro atoms. The number of amides is 1. The van der Waals surface area contributed by atoms with Gasteiger partial charge in [-0.15, -0.1) is 11.3 Å². The van der Waals surface area contributed by atoms with E-state index in [9.17, 15) is 4.79 Å². The fraction of sp³-hybridized carbons (Fsp3) is 0.304. The molecule has 3 aromatic rings. The first kappa shape index (κ1) is 19.6. The van der Waals surface area contributed by atoms with Crippen LogP contribution in [-0.2, 0) is 0 Å². The summed E-state index contributed by atoms with van der Waals surface area (Å²) in [5.41, 5.74) is 4.67. The second-order valence-electron chi connectivity index (χ2n) is 7.76. The number of nitrogens with one attached hydrogen (secondary N) is 1. The van der Waals surface area contributed by atoms with Crippen molar-refractivity contribution < 1.29 is 4.79 Å². The van der Waals surface area contributed by atoms with Crippen LogP contribution in [0.15, 0.2) is 53.9 Å². The molecule has 1 aliphatic heterocycles. The zero-order chi connectivity index (χ0) is 20.4. The summed E-state index contributed by atoms with van der Waals surface area (Å²) in [5, 5.41) is 5.62. The molecule has 29 heavy (non-hydrogen) atoms. The third kappa shape index (κ3) is 4.49. The van der Waals surface area contributed by atoms with E-state index < -0.39 is 0 Å². The lowest BCUT2D eigenvalue weighted by Gasteiger charge is -2.22. The van der Waals surface area contributed by atoms with Gasteiger partial charge in [-0.2, -0.15) is 0 Å². The number of benzene rings is 2. The summed E-state index contributed by atoms with van der Waals surface area (Å²) >= 11 is 1.49. The van der Waals surface area contributed by atoms with Gasteiger partial charge >= 0.3 is 0 Å². The minimum absolute atomic E-state index is 0.179. The Balaban J connectivity index is 1.39. The van der Waals surface area contributed by atoms with Gasteiger partial charge in [0.25, 0.3) is 5.91 Å². The molecule has 1 aromatic heterocycles. The lowest BCUT2D eigenvalue weighted by Crippen LogP contribution is -2.31. The normalized spacial score (nSPS) is 16.4. The van der Waals surface area contributed by atoms with Gasteiger partial charge in [-0.25, -0.2) is 4.98 Å². The van der Waals surface area contributed by atoms with Gasteiger partial charge < -0.3 is 15.1 Å². The van der Waals surface area contributed by atoms with Gasteiger partial charge in [0.1, 0.15) is 10.7 Å². The summed E-state index contributed by atoms with van der Waals surface area (Å²) in [5.74, 6) is -0.179. The molecule has 1 aliphatic rings. The molecular weight excluding hydrogens is 380 g/mol. The van der Waals surface area contributed by atoms with E-state index >= 15 is 0 Å². The Morgan fingerprint density at radius 3 is 2.52 bits per heavy atom. The van der Waals surface area contributed by atoms with Crippen molar-refractivity contribution in [3.8, 4) is 10.6 Å². The Morgan fingerprint density at radius 2 is 1.86 bits per heavy atom. The quantitative estimate of drug-likeness (QED) is 0.677. The molecule has 1 saturated heterocycles. The monoisotopic (exact) mass is 406 g/mol. The lowest BCUT2D eigenvalue weighted by molar-refractivity contribution is 0.102. The van der Waals surface area contributed by atoms with E-state index in [1.54, 1.807) is 0 Å². The number of anilines is 2. The van der Waals surface area contributed by atoms with Crippen LogP contribution in [0.5, 0.6) is 0 Å². The molecule has 0 radical (unpaired) electrons. The summed E-state index contributed by atoms with van der Waals surface area (Å²) in [6.45, 7) is 4.16. The number of rotatable bonds is 5. The minimum Gasteiger partial charge on any atom is -0.370 e. The van der Waals surface area contributed by atoms with E-state index in [0.29, 0.717) is 11.7 Å². The average Bonchev–Trinajstić information content (AvgIpc) is 3.39. The SMILES string of the molecule is Cc1ccc(-c2nc(C(=O)Nc3ccc(N4CCC(N(C)C)C4)cc3)cs2)cc1. The Kier molecular flexibility index (Phi) is 5.65. The Bertz CT molecular complexity index is 979. The number of hydrogen-bond donors (Lipinski definition) is 1. The van der Waals surface area contributed by atoms with Crippen LogP contribution in [0.2, 0.25) is 0 Å². The van der Waals surface area contributed by atoms with Crippen LogP contribution in [-0.4, -0.2) is 49.0 Å². The van der Waals surface area contributed by atoms with E-state index in [1.165, 1.54) is 29.0 Å². The van der Waals surface area contributed by atoms with E-state index in [-0.39, 0.29) is 5.91 Å². The van der Waals surface area contributed by atoms with Crippen LogP contribution in [0.25, 0.3) is 10.6 Å². The van der Waals surface area contributed by atoms with Crippen LogP contribution in [0.1, 0.15) is 22.5 Å². The third-order valence-electron chi connectivity index (χ3n) is 5.42. The highest BCUT2D eigenvalue weighted by molar-refractivity contribution is 7.13. The summed E-state index contributed by atoms with van der Waals surface area (Å²) in [7, 11) is 4.27. The number of nitrogens with zero attached hydrogens (tertiary/aromatic N) is 3. The Hall–Kier alpha value is -2.70. The maximum absolute atomic E-state index is 12.6. The number of aryl methyl sites for hydroxylation is 1. The molecule has 1 fully saturated rings. The molecule has 1 N–H and O–H groups in total. The zero-order valence-electron chi connectivity index (χ0n) is 17.1. The first-order valence-corrected chi connectivity index (χ1v) is 10.7. The molecule has 0 aliphatic carbocycles. The van der Waals surface area contributed by atoms with Crippen LogP contribution >= 0.6 is 11.3 Å². The fourth-order valence-corrected chi connectivity index (χ4v) is 4.36. The topological polar surface area (TPSA) is 48.5 Å². The zero-order valence-corrected chi connectivity index (χ0v) is 17.9. The van der Waals surface area contributed by atoms with Crippen LogP contribution < -0.4 is 10.2 Å². The number of carbonyl (C=O) groups excluding carboxylic acids is 1. The largest absolute Gasteiger partial charge is 0.370 e. The fourth-order valence-electron chi connectivity index (χ4n) is 3.56. The first-order valence-electron chi connectivity index (χ1n) is 9.85. The summed E-state index contributed by atoms with van der Waals surface area (Å²) in [6.07, 6.45) is 1.18. The van der Waals surface area contributed by atoms with Crippen molar-refractivity contribution in [1.82, 2.24) is 9.88 Å². The van der Waals surface area contributed by atoms with Crippen molar-refractivity contribution in [2.75, 3.05) is 37.4 Å². The second kappa shape index (κ2) is 8.35. The van der Waals surface area contributed by atoms with Crippen molar-refractivity contribution in [1.29, 1.82) is 0 Å². The standard InChI is InChI=1S/C23H26N4OS/c1-16-4-6-17(7-5-16)23-25-21(15-29-23)22(28)24-18-8-10-19(11-9-18)27-13-12-20(14-27)26(2)3/h4-11,15,20H,12-14H2,1-3H3,(H,24,28). The number of aromatic nitrogens is 1. The Morgan fingerprint density at radius 1 is 1.14 bits per heavy atom. The molecule has 0 saturated carbocycles. The van der Waals surface area contributed by atoms with E-state index in [4.69, 9.17) is 0 Å². The lowest BCUT2D eigenvalue weighted by atomic mass is 10.2. The van der Waals surface area contributed by atoms with Gasteiger partial charge in [0.2, 0.25) is 0 Å². The predicted octanol–water partition coefficient (Wildman–Crippen LogP) is 4.51. The molecule has 0 bridgehead atoms. The van der Waals surface area contributed by atoms with Crippen LogP contribution in [0, 0.1) is 6.92 Å². The molecule has 1 unspecified atom stereocenters. The molecule has 5 nitrogen and oxygen atoms in total. The summed E-state index contributed by atoms with van der Waals surface area (Å²) < 4.78 is 0. The number of carbonyl (C=O) groups is 1. The van der Waals surface area contributed by atoms with Gasteiger partial charge in [0.05, 0.1) is 0 Å².